The Morgan fingerprint density at radius 1 is 0.771 bits per heavy atom. The smallest absolute Gasteiger partial charge is 0.253 e. The number of rotatable bonds is 7. The van der Waals surface area contributed by atoms with Gasteiger partial charge in [0.1, 0.15) is 0 Å². The molecule has 1 aromatic heterocycles. The highest BCUT2D eigenvalue weighted by Crippen LogP contribution is 2.47. The normalized spacial score (nSPS) is 24.1. The lowest BCUT2D eigenvalue weighted by Crippen LogP contribution is -2.42. The summed E-state index contributed by atoms with van der Waals surface area (Å²) in [4.78, 5) is 37.2. The third kappa shape index (κ3) is 6.82. The van der Waals surface area contributed by atoms with Gasteiger partial charge in [-0.15, -0.1) is 0 Å². The summed E-state index contributed by atoms with van der Waals surface area (Å²) in [6, 6.07) is 15.3. The zero-order valence-electron chi connectivity index (χ0n) is 29.9. The van der Waals surface area contributed by atoms with Crippen LogP contribution in [0.4, 0.5) is 0 Å². The molecule has 3 atom stereocenters. The topological polar surface area (TPSA) is 52.0 Å². The molecular formula is C41H57N5O2. The lowest BCUT2D eigenvalue weighted by atomic mass is 9.81. The number of hydrogen-bond acceptors (Lipinski definition) is 4. The first-order valence-corrected chi connectivity index (χ1v) is 18.9. The lowest BCUT2D eigenvalue weighted by Gasteiger charge is -2.33. The third-order valence-corrected chi connectivity index (χ3v) is 12.1. The number of amides is 2. The molecule has 4 heterocycles. The van der Waals surface area contributed by atoms with Gasteiger partial charge in [-0.25, -0.2) is 0 Å². The predicted octanol–water partition coefficient (Wildman–Crippen LogP) is 6.74. The standard InChI is InChI=1S/C41H57N5O2/c1-42-20-10-12-29(24-42)26-44(3)40(47)33-18-19-36-37(23-33)46-28-34(41(48)45(4)27-30-13-11-21-43(2)25-30)22-32-16-8-9-17-35(32)39(46)38(36)31-14-6-5-7-15-31/h8-9,16-19,23,29-31,34H,5-7,10-15,20-22,24-28H2,1-4H3. The predicted molar refractivity (Wildman–Crippen MR) is 195 cm³/mol. The van der Waals surface area contributed by atoms with Gasteiger partial charge in [0.2, 0.25) is 5.91 Å². The van der Waals surface area contributed by atoms with Gasteiger partial charge in [-0.2, -0.15) is 0 Å². The number of likely N-dealkylation sites (tertiary alicyclic amines) is 2. The Balaban J connectivity index is 1.27. The molecule has 48 heavy (non-hydrogen) atoms. The molecule has 7 heteroatoms. The minimum Gasteiger partial charge on any atom is -0.345 e. The van der Waals surface area contributed by atoms with E-state index in [9.17, 15) is 9.59 Å². The first kappa shape index (κ1) is 33.3. The van der Waals surface area contributed by atoms with E-state index in [2.05, 4.69) is 70.9 Å². The third-order valence-electron chi connectivity index (χ3n) is 12.1. The molecule has 0 bridgehead atoms. The van der Waals surface area contributed by atoms with Crippen LogP contribution in [0.1, 0.15) is 85.2 Å². The second-order valence-corrected chi connectivity index (χ2v) is 15.9. The number of benzene rings is 2. The molecule has 7 nitrogen and oxygen atoms in total. The van der Waals surface area contributed by atoms with Crippen LogP contribution in [0.25, 0.3) is 22.2 Å². The number of hydrogen-bond donors (Lipinski definition) is 0. The fourth-order valence-electron chi connectivity index (χ4n) is 9.76. The average molecular weight is 652 g/mol. The summed E-state index contributed by atoms with van der Waals surface area (Å²) in [5, 5.41) is 1.27. The van der Waals surface area contributed by atoms with Crippen LogP contribution >= 0.6 is 0 Å². The van der Waals surface area contributed by atoms with Crippen molar-refractivity contribution in [3.8, 4) is 11.3 Å². The molecule has 3 aliphatic heterocycles. The van der Waals surface area contributed by atoms with Crippen molar-refractivity contribution in [1.29, 1.82) is 0 Å². The summed E-state index contributed by atoms with van der Waals surface area (Å²) in [5.41, 5.74) is 7.15. The van der Waals surface area contributed by atoms with E-state index in [4.69, 9.17) is 0 Å². The summed E-state index contributed by atoms with van der Waals surface area (Å²) in [5.74, 6) is 1.72. The number of carbonyl (C=O) groups is 2. The van der Waals surface area contributed by atoms with Crippen molar-refractivity contribution in [1.82, 2.24) is 24.2 Å². The maximum atomic E-state index is 14.4. The zero-order chi connectivity index (χ0) is 33.4. The average Bonchev–Trinajstić information content (AvgIpc) is 3.30. The van der Waals surface area contributed by atoms with Crippen LogP contribution in [-0.4, -0.2) is 103 Å². The van der Waals surface area contributed by atoms with Gasteiger partial charge in [0.05, 0.1) is 11.6 Å². The number of carbonyl (C=O) groups excluding carboxylic acids is 2. The summed E-state index contributed by atoms with van der Waals surface area (Å²) >= 11 is 0. The van der Waals surface area contributed by atoms with Crippen LogP contribution in [0.2, 0.25) is 0 Å². The van der Waals surface area contributed by atoms with Crippen molar-refractivity contribution in [3.63, 3.8) is 0 Å². The SMILES string of the molecule is CN1CCCC(CN(C)C(=O)c2ccc3c(C4CCCCC4)c4n(c3c2)CC(C(=O)N(C)CC2CCCN(C)C2)Cc2ccccc2-4)C1. The second kappa shape index (κ2) is 14.4. The van der Waals surface area contributed by atoms with Crippen LogP contribution in [-0.2, 0) is 17.8 Å². The van der Waals surface area contributed by atoms with Crippen molar-refractivity contribution < 1.29 is 9.59 Å². The molecule has 2 aromatic carbocycles. The fourth-order valence-corrected chi connectivity index (χ4v) is 9.76. The van der Waals surface area contributed by atoms with Gasteiger partial charge in [0, 0.05) is 68.8 Å². The van der Waals surface area contributed by atoms with E-state index in [1.165, 1.54) is 85.6 Å². The van der Waals surface area contributed by atoms with Crippen LogP contribution in [0.3, 0.4) is 0 Å². The largest absolute Gasteiger partial charge is 0.345 e. The molecule has 0 N–H and O–H groups in total. The van der Waals surface area contributed by atoms with Crippen molar-refractivity contribution in [3.05, 3.63) is 59.2 Å². The van der Waals surface area contributed by atoms with E-state index in [1.54, 1.807) is 0 Å². The van der Waals surface area contributed by atoms with Gasteiger partial charge < -0.3 is 24.2 Å². The van der Waals surface area contributed by atoms with Crippen LogP contribution in [0.5, 0.6) is 0 Å². The summed E-state index contributed by atoms with van der Waals surface area (Å²) in [7, 11) is 8.38. The molecule has 3 unspecified atom stereocenters. The van der Waals surface area contributed by atoms with E-state index in [-0.39, 0.29) is 17.7 Å². The number of piperidine rings is 2. The number of nitrogens with zero attached hydrogens (tertiary/aromatic N) is 5. The molecule has 258 valence electrons. The molecule has 2 amide bonds. The Hall–Kier alpha value is -3.16. The van der Waals surface area contributed by atoms with Crippen LogP contribution < -0.4 is 0 Å². The maximum absolute atomic E-state index is 14.4. The van der Waals surface area contributed by atoms with E-state index in [1.807, 2.05) is 23.9 Å². The highest BCUT2D eigenvalue weighted by Gasteiger charge is 2.35. The summed E-state index contributed by atoms with van der Waals surface area (Å²) in [6.07, 6.45) is 11.8. The van der Waals surface area contributed by atoms with Gasteiger partial charge in [-0.05, 0) is 113 Å². The van der Waals surface area contributed by atoms with E-state index in [0.29, 0.717) is 24.3 Å². The molecule has 1 aliphatic carbocycles. The van der Waals surface area contributed by atoms with Crippen molar-refractivity contribution in [2.45, 2.75) is 76.7 Å². The molecule has 3 fully saturated rings. The Bertz CT molecular complexity index is 1620. The molecular weight excluding hydrogens is 594 g/mol. The molecule has 0 radical (unpaired) electrons. The van der Waals surface area contributed by atoms with E-state index in [0.717, 1.165) is 56.8 Å². The molecule has 2 saturated heterocycles. The Labute approximate surface area is 288 Å². The van der Waals surface area contributed by atoms with Crippen LogP contribution in [0.15, 0.2) is 42.5 Å². The fraction of sp³-hybridized carbons (Fsp3) is 0.610. The number of fused-ring (bicyclic) bond motifs is 5. The van der Waals surface area contributed by atoms with E-state index < -0.39 is 0 Å². The van der Waals surface area contributed by atoms with Gasteiger partial charge in [-0.1, -0.05) is 49.6 Å². The number of aromatic nitrogens is 1. The highest BCUT2D eigenvalue weighted by atomic mass is 16.2. The van der Waals surface area contributed by atoms with Crippen LogP contribution in [0, 0.1) is 17.8 Å². The zero-order valence-corrected chi connectivity index (χ0v) is 29.9. The van der Waals surface area contributed by atoms with Gasteiger partial charge in [0.15, 0.2) is 0 Å². The Morgan fingerprint density at radius 2 is 1.44 bits per heavy atom. The second-order valence-electron chi connectivity index (χ2n) is 15.9. The quantitative estimate of drug-likeness (QED) is 0.284. The van der Waals surface area contributed by atoms with Gasteiger partial charge >= 0.3 is 0 Å². The summed E-state index contributed by atoms with van der Waals surface area (Å²) < 4.78 is 2.46. The maximum Gasteiger partial charge on any atom is 0.253 e. The van der Waals surface area contributed by atoms with Crippen molar-refractivity contribution >= 4 is 22.7 Å². The molecule has 4 aliphatic rings. The van der Waals surface area contributed by atoms with Gasteiger partial charge in [-0.3, -0.25) is 9.59 Å². The van der Waals surface area contributed by atoms with E-state index >= 15 is 0 Å². The molecule has 3 aromatic rings. The Morgan fingerprint density at radius 3 is 2.12 bits per heavy atom. The first-order chi connectivity index (χ1) is 23.3. The minimum atomic E-state index is -0.154. The monoisotopic (exact) mass is 651 g/mol. The molecule has 7 rings (SSSR count). The van der Waals surface area contributed by atoms with Gasteiger partial charge in [0.25, 0.3) is 5.91 Å². The first-order valence-electron chi connectivity index (χ1n) is 18.9. The summed E-state index contributed by atoms with van der Waals surface area (Å²) in [6.45, 7) is 6.65. The van der Waals surface area contributed by atoms with Crippen molar-refractivity contribution in [2.75, 3.05) is 67.5 Å². The lowest BCUT2D eigenvalue weighted by molar-refractivity contribution is -0.135. The Kier molecular flexibility index (Phi) is 9.98. The molecule has 1 saturated carbocycles. The van der Waals surface area contributed by atoms with Crippen molar-refractivity contribution in [2.24, 2.45) is 17.8 Å². The molecule has 0 spiro atoms. The minimum absolute atomic E-state index is 0.0960. The highest BCUT2D eigenvalue weighted by molar-refractivity contribution is 6.01.